The number of ether oxygens (including phenoxy) is 17. The Morgan fingerprint density at radius 2 is 0.589 bits per heavy atom. The number of hydrogen-bond acceptors (Lipinski definition) is 44. The number of aliphatic hydroxyl groups is 24. The molecular weight excluding hydrogens is 1470 g/mol. The molecule has 9 aliphatic heterocycles. The summed E-state index contributed by atoms with van der Waals surface area (Å²) in [5, 5.41) is 273. The molecule has 0 aromatic heterocycles. The normalized spacial score (nSPS) is 50.7. The third-order valence-corrected chi connectivity index (χ3v) is 19.9. The molecule has 9 aliphatic rings. The van der Waals surface area contributed by atoms with Crippen LogP contribution in [0.4, 0.5) is 0 Å². The molecule has 47 nitrogen and oxygen atoms in total. The SMILES string of the molecule is CC(=O)N[C@@H]1[C@@H](O[C@@H]2O[C@@H](C)[C@@H](O)[C@@H](O)[C@@H]2O)[C@H](O[C@@H]2O[C@H](CO)[C@@H](O[C@@H]3O[C@H](CO[C@H]4O[C@H](CO)[C@@H](O)[C@H](O[C@H]5O[C@H](CO)[C@@H](O)[C@H](O)[C@@H]5O)[C@@H]4O)[C@@H](O)[C@H](O[C@H]4O[C@H](CO)[C@@H](O)[C@H](O)[C@@H]4O[C@@H]4O[C@H](CO)[C@@H](O)[C@H](O)[C@H]4NC(C)=O)[C@@H]3O)[C@H](O)[C@H]2NC(C)=O)[C@@H](CO[C@@H]2O[C@@H](C)[C@@H](O)[C@@H](O)[C@@H]2O)O[C@H]1O. The van der Waals surface area contributed by atoms with E-state index in [-0.39, 0.29) is 0 Å². The predicted molar refractivity (Wildman–Crippen MR) is 329 cm³/mol. The summed E-state index contributed by atoms with van der Waals surface area (Å²) >= 11 is 0. The maximum absolute atomic E-state index is 13.4. The molecular formula is C60H101N3O44. The molecule has 0 saturated carbocycles. The van der Waals surface area contributed by atoms with Crippen molar-refractivity contribution in [3.8, 4) is 0 Å². The van der Waals surface area contributed by atoms with Crippen molar-refractivity contribution in [1.29, 1.82) is 0 Å². The van der Waals surface area contributed by atoms with Gasteiger partial charge < -0.3 is 219 Å². The van der Waals surface area contributed by atoms with E-state index in [0.29, 0.717) is 0 Å². The van der Waals surface area contributed by atoms with Crippen LogP contribution in [0.25, 0.3) is 0 Å². The summed E-state index contributed by atoms with van der Waals surface area (Å²) in [5.74, 6) is -2.73. The number of amides is 3. The lowest BCUT2D eigenvalue weighted by atomic mass is 9.93. The highest BCUT2D eigenvalue weighted by molar-refractivity contribution is 5.74. The Labute approximate surface area is 606 Å². The van der Waals surface area contributed by atoms with Crippen molar-refractivity contribution in [3.05, 3.63) is 0 Å². The minimum atomic E-state index is -2.54. The topological polar surface area (TPSA) is 730 Å². The van der Waals surface area contributed by atoms with Gasteiger partial charge in [0.2, 0.25) is 17.7 Å². The van der Waals surface area contributed by atoms with Crippen molar-refractivity contribution in [2.75, 3.05) is 46.2 Å². The number of rotatable bonds is 26. The van der Waals surface area contributed by atoms with Crippen LogP contribution >= 0.6 is 0 Å². The summed E-state index contributed by atoms with van der Waals surface area (Å²) in [5.41, 5.74) is 0. The van der Waals surface area contributed by atoms with Gasteiger partial charge in [-0.3, -0.25) is 14.4 Å². The van der Waals surface area contributed by atoms with Crippen LogP contribution in [-0.2, 0) is 94.9 Å². The quantitative estimate of drug-likeness (QED) is 0.0382. The van der Waals surface area contributed by atoms with Crippen molar-refractivity contribution < 1.29 is 217 Å². The fraction of sp³-hybridized carbons (Fsp3) is 0.950. The lowest BCUT2D eigenvalue weighted by molar-refractivity contribution is -0.397. The molecule has 9 rings (SSSR count). The Hall–Kier alpha value is -3.23. The van der Waals surface area contributed by atoms with Gasteiger partial charge in [-0.2, -0.15) is 0 Å². The maximum atomic E-state index is 13.4. The van der Waals surface area contributed by atoms with Crippen LogP contribution in [0.1, 0.15) is 34.6 Å². The lowest BCUT2D eigenvalue weighted by Gasteiger charge is -2.51. The molecule has 620 valence electrons. The van der Waals surface area contributed by atoms with E-state index in [1.807, 2.05) is 0 Å². The fourth-order valence-electron chi connectivity index (χ4n) is 13.8. The molecule has 27 N–H and O–H groups in total. The lowest BCUT2D eigenvalue weighted by Crippen LogP contribution is -2.71. The zero-order valence-electron chi connectivity index (χ0n) is 57.8. The summed E-state index contributed by atoms with van der Waals surface area (Å²) < 4.78 is 101. The molecule has 47 heteroatoms. The third kappa shape index (κ3) is 19.3. The maximum Gasteiger partial charge on any atom is 0.217 e. The van der Waals surface area contributed by atoms with Gasteiger partial charge in [0.05, 0.1) is 58.5 Å². The first kappa shape index (κ1) is 87.7. The first-order valence-corrected chi connectivity index (χ1v) is 34.3. The zero-order valence-corrected chi connectivity index (χ0v) is 57.8. The van der Waals surface area contributed by atoms with Crippen LogP contribution in [0.15, 0.2) is 0 Å². The molecule has 9 fully saturated rings. The molecule has 9 heterocycles. The summed E-state index contributed by atoms with van der Waals surface area (Å²) in [6.45, 7) is -1.96. The van der Waals surface area contributed by atoms with Gasteiger partial charge in [0, 0.05) is 20.8 Å². The Morgan fingerprint density at radius 3 is 1.12 bits per heavy atom. The molecule has 9 saturated heterocycles. The summed E-state index contributed by atoms with van der Waals surface area (Å²) in [4.78, 5) is 38.7. The van der Waals surface area contributed by atoms with E-state index in [1.54, 1.807) is 0 Å². The van der Waals surface area contributed by atoms with E-state index in [0.717, 1.165) is 20.8 Å². The van der Waals surface area contributed by atoms with Gasteiger partial charge in [-0.05, 0) is 13.8 Å². The van der Waals surface area contributed by atoms with Gasteiger partial charge in [-0.1, -0.05) is 0 Å². The van der Waals surface area contributed by atoms with Crippen molar-refractivity contribution >= 4 is 17.7 Å². The molecule has 3 amide bonds. The standard InChI is InChI=1S/C60H101N3O44/c1-13-28(72)37(81)41(85)55(93-13)92-12-24-47(48(27(52(90)95-24)63-17(5)71)104-57-42(86)38(82)29(73)14(2)94-57)103-54-26(62-16(4)70)36(80)46(22(10-68)100-54)102-59-45(89)50(106-60-51(40(84)32(76)20(8-66)99-60)107-53-25(61-15(3)69)35(79)30(74)18(6-64)96-53)34(78)23(101-59)11-91-56-44(88)49(33(77)21(9-67)97-56)105-58-43(87)39(83)31(75)19(7-65)98-58/h13-14,18-60,64-68,72-90H,6-12H2,1-5H3,(H,61,69)(H,62,70)(H,63,71)/t13-,14-,18+,19+,20+,21+,22+,23+,24+,25+,26+,27+,28+,29+,30+,31+,32+,33+,34+,35+,36+,37+,38+,39-,40-,41-,42-,43-,44-,45-,46+,47+,48+,49-,50-,51-,52+,53-,54-,55+,56-,57-,58+,59-,60+/m0/s1. The van der Waals surface area contributed by atoms with Gasteiger partial charge in [0.15, 0.2) is 56.6 Å². The molecule has 0 unspecified atom stereocenters. The van der Waals surface area contributed by atoms with E-state index in [9.17, 15) is 137 Å². The second-order valence-electron chi connectivity index (χ2n) is 27.4. The van der Waals surface area contributed by atoms with Gasteiger partial charge in [-0.15, -0.1) is 0 Å². The van der Waals surface area contributed by atoms with E-state index < -0.39 is 340 Å². The molecule has 0 aliphatic carbocycles. The van der Waals surface area contributed by atoms with Crippen molar-refractivity contribution in [2.45, 2.75) is 311 Å². The first-order valence-electron chi connectivity index (χ1n) is 34.3. The van der Waals surface area contributed by atoms with Crippen molar-refractivity contribution in [2.24, 2.45) is 0 Å². The molecule has 0 aromatic rings. The molecule has 0 spiro atoms. The fourth-order valence-corrected chi connectivity index (χ4v) is 13.8. The zero-order chi connectivity index (χ0) is 78.8. The average Bonchev–Trinajstić information content (AvgIpc) is 0.744. The van der Waals surface area contributed by atoms with E-state index >= 15 is 0 Å². The molecule has 0 bridgehead atoms. The molecule has 45 atom stereocenters. The van der Waals surface area contributed by atoms with Crippen LogP contribution < -0.4 is 16.0 Å². The van der Waals surface area contributed by atoms with Gasteiger partial charge in [0.25, 0.3) is 0 Å². The van der Waals surface area contributed by atoms with Crippen LogP contribution in [0, 0.1) is 0 Å². The number of carbonyl (C=O) groups is 3. The number of aliphatic hydroxyl groups excluding tert-OH is 24. The van der Waals surface area contributed by atoms with E-state index in [2.05, 4.69) is 16.0 Å². The summed E-state index contributed by atoms with van der Waals surface area (Å²) in [7, 11) is 0. The highest BCUT2D eigenvalue weighted by atomic mass is 16.8. The third-order valence-electron chi connectivity index (χ3n) is 19.9. The van der Waals surface area contributed by atoms with E-state index in [4.69, 9.17) is 80.5 Å². The van der Waals surface area contributed by atoms with E-state index in [1.165, 1.54) is 13.8 Å². The van der Waals surface area contributed by atoms with Crippen molar-refractivity contribution in [3.63, 3.8) is 0 Å². The Kier molecular flexibility index (Phi) is 31.0. The van der Waals surface area contributed by atoms with Crippen LogP contribution in [0.2, 0.25) is 0 Å². The second-order valence-corrected chi connectivity index (χ2v) is 27.4. The van der Waals surface area contributed by atoms with Gasteiger partial charge in [-0.25, -0.2) is 0 Å². The monoisotopic (exact) mass is 1570 g/mol. The number of hydrogen-bond donors (Lipinski definition) is 27. The Balaban J connectivity index is 1.06. The molecule has 0 radical (unpaired) electrons. The smallest absolute Gasteiger partial charge is 0.217 e. The molecule has 107 heavy (non-hydrogen) atoms. The van der Waals surface area contributed by atoms with Crippen LogP contribution in [0.3, 0.4) is 0 Å². The second kappa shape index (κ2) is 37.8. The Bertz CT molecular complexity index is 2810. The summed E-state index contributed by atoms with van der Waals surface area (Å²) in [6.07, 6.45) is -84.5. The van der Waals surface area contributed by atoms with Crippen LogP contribution in [-0.4, -0.2) is 463 Å². The minimum Gasteiger partial charge on any atom is -0.394 e. The Morgan fingerprint density at radius 1 is 0.262 bits per heavy atom. The number of nitrogens with one attached hydrogen (secondary N) is 3. The first-order chi connectivity index (χ1) is 50.5. The van der Waals surface area contributed by atoms with Crippen LogP contribution in [0.5, 0.6) is 0 Å². The summed E-state index contributed by atoms with van der Waals surface area (Å²) in [6, 6.07) is -5.63. The highest BCUT2D eigenvalue weighted by Gasteiger charge is 2.61. The molecule has 0 aromatic carbocycles. The minimum absolute atomic E-state index is 0.860. The van der Waals surface area contributed by atoms with Gasteiger partial charge in [0.1, 0.15) is 207 Å². The van der Waals surface area contributed by atoms with Gasteiger partial charge >= 0.3 is 0 Å². The highest BCUT2D eigenvalue weighted by Crippen LogP contribution is 2.40. The van der Waals surface area contributed by atoms with Crippen molar-refractivity contribution in [1.82, 2.24) is 16.0 Å². The predicted octanol–water partition coefficient (Wildman–Crippen LogP) is -18.1. The average molecular weight is 1570 g/mol. The largest absolute Gasteiger partial charge is 0.394 e. The number of carbonyl (C=O) groups excluding carboxylic acids is 3.